The first-order valence-corrected chi connectivity index (χ1v) is 10.3. The Balaban J connectivity index is 0.00000240. The summed E-state index contributed by atoms with van der Waals surface area (Å²) in [5.41, 5.74) is 2.36. The van der Waals surface area contributed by atoms with E-state index in [1.165, 1.54) is 5.56 Å². The van der Waals surface area contributed by atoms with Gasteiger partial charge in [0.2, 0.25) is 0 Å². The molecule has 0 saturated carbocycles. The molecule has 29 heavy (non-hydrogen) atoms. The fraction of sp³-hybridized carbons (Fsp3) is 0.350. The number of para-hydroxylation sites is 1. The molecule has 3 heterocycles. The largest absolute Gasteiger partial charge is 0.493 e. The summed E-state index contributed by atoms with van der Waals surface area (Å²) in [4.78, 5) is 4.79. The molecule has 3 aromatic rings. The number of benzene rings is 1. The van der Waals surface area contributed by atoms with E-state index in [1.807, 2.05) is 36.7 Å². The van der Waals surface area contributed by atoms with Crippen LogP contribution in [0.3, 0.4) is 0 Å². The summed E-state index contributed by atoms with van der Waals surface area (Å²) in [5, 5.41) is 19.5. The monoisotopic (exact) mass is 524 g/mol. The van der Waals surface area contributed by atoms with Gasteiger partial charge in [-0.3, -0.25) is 0 Å². The normalized spacial score (nSPS) is 15.8. The second kappa shape index (κ2) is 10.1. The molecule has 154 valence electrons. The number of hydrogen-bond donors (Lipinski definition) is 2. The Morgan fingerprint density at radius 1 is 1.31 bits per heavy atom. The van der Waals surface area contributed by atoms with E-state index in [0.29, 0.717) is 19.7 Å². The summed E-state index contributed by atoms with van der Waals surface area (Å²) in [5.74, 6) is 3.45. The molecule has 0 saturated heterocycles. The van der Waals surface area contributed by atoms with Crippen LogP contribution in [0.15, 0.2) is 46.1 Å². The van der Waals surface area contributed by atoms with Crippen molar-refractivity contribution in [2.45, 2.75) is 32.5 Å². The Morgan fingerprint density at radius 2 is 2.17 bits per heavy atom. The van der Waals surface area contributed by atoms with Gasteiger partial charge in [-0.25, -0.2) is 4.99 Å². The number of hydrogen-bond acceptors (Lipinski definition) is 5. The zero-order valence-electron chi connectivity index (χ0n) is 16.5. The van der Waals surface area contributed by atoms with Crippen LogP contribution in [-0.2, 0) is 20.1 Å². The minimum absolute atomic E-state index is 0. The van der Waals surface area contributed by atoms with Crippen LogP contribution in [0.2, 0.25) is 0 Å². The summed E-state index contributed by atoms with van der Waals surface area (Å²) >= 11 is 1.68. The van der Waals surface area contributed by atoms with Gasteiger partial charge >= 0.3 is 0 Å². The molecule has 1 unspecified atom stereocenters. The minimum Gasteiger partial charge on any atom is -0.493 e. The van der Waals surface area contributed by atoms with Gasteiger partial charge in [0, 0.05) is 19.0 Å². The number of fused-ring (bicyclic) bond motifs is 1. The van der Waals surface area contributed by atoms with Crippen LogP contribution in [0.4, 0.5) is 0 Å². The van der Waals surface area contributed by atoms with E-state index >= 15 is 0 Å². The highest BCUT2D eigenvalue weighted by atomic mass is 127. The molecule has 1 aliphatic rings. The van der Waals surface area contributed by atoms with E-state index in [2.05, 4.69) is 43.7 Å². The van der Waals surface area contributed by atoms with Crippen molar-refractivity contribution < 1.29 is 4.74 Å². The lowest BCUT2D eigenvalue weighted by atomic mass is 10.0. The highest BCUT2D eigenvalue weighted by Crippen LogP contribution is 2.31. The SMILES string of the molecule is Cc1nnc(CNC(=NCc2ccsc2)NC2CCOc3ccccc32)n1C.I. The van der Waals surface area contributed by atoms with E-state index in [1.54, 1.807) is 11.3 Å². The summed E-state index contributed by atoms with van der Waals surface area (Å²) in [6, 6.07) is 10.4. The third-order valence-corrected chi connectivity index (χ3v) is 5.60. The molecule has 1 aromatic carbocycles. The number of halogens is 1. The smallest absolute Gasteiger partial charge is 0.192 e. The second-order valence-corrected chi connectivity index (χ2v) is 7.52. The summed E-state index contributed by atoms with van der Waals surface area (Å²) in [7, 11) is 1.97. The predicted molar refractivity (Wildman–Crippen MR) is 126 cm³/mol. The van der Waals surface area contributed by atoms with E-state index in [4.69, 9.17) is 9.73 Å². The number of ether oxygens (including phenoxy) is 1. The third kappa shape index (κ3) is 5.27. The van der Waals surface area contributed by atoms with E-state index in [-0.39, 0.29) is 30.0 Å². The zero-order chi connectivity index (χ0) is 19.3. The van der Waals surface area contributed by atoms with Crippen LogP contribution in [0.5, 0.6) is 5.75 Å². The molecule has 4 rings (SSSR count). The average Bonchev–Trinajstić information content (AvgIpc) is 3.35. The van der Waals surface area contributed by atoms with Crippen LogP contribution < -0.4 is 15.4 Å². The van der Waals surface area contributed by atoms with E-state index in [9.17, 15) is 0 Å². The average molecular weight is 524 g/mol. The quantitative estimate of drug-likeness (QED) is 0.303. The third-order valence-electron chi connectivity index (χ3n) is 4.87. The number of guanidine groups is 1. The number of thiophene rings is 1. The maximum absolute atomic E-state index is 5.78. The molecule has 7 nitrogen and oxygen atoms in total. The maximum atomic E-state index is 5.78. The van der Waals surface area contributed by atoms with Crippen molar-refractivity contribution in [3.8, 4) is 5.75 Å². The first kappa shape index (κ1) is 21.6. The van der Waals surface area contributed by atoms with Gasteiger partial charge in [0.15, 0.2) is 11.8 Å². The molecule has 0 radical (unpaired) electrons. The number of aromatic nitrogens is 3. The fourth-order valence-electron chi connectivity index (χ4n) is 3.13. The van der Waals surface area contributed by atoms with E-state index < -0.39 is 0 Å². The summed E-state index contributed by atoms with van der Waals surface area (Å²) in [6.07, 6.45) is 0.888. The number of nitrogens with zero attached hydrogens (tertiary/aromatic N) is 4. The highest BCUT2D eigenvalue weighted by molar-refractivity contribution is 14.0. The first-order valence-electron chi connectivity index (χ1n) is 9.33. The van der Waals surface area contributed by atoms with Crippen molar-refractivity contribution in [3.63, 3.8) is 0 Å². The molecule has 0 amide bonds. The molecule has 9 heteroatoms. The molecule has 0 spiro atoms. The van der Waals surface area contributed by atoms with Gasteiger partial charge in [-0.1, -0.05) is 18.2 Å². The molecule has 0 aliphatic carbocycles. The maximum Gasteiger partial charge on any atom is 0.192 e. The van der Waals surface area contributed by atoms with Gasteiger partial charge in [-0.2, -0.15) is 11.3 Å². The van der Waals surface area contributed by atoms with Crippen molar-refractivity contribution in [3.05, 3.63) is 63.9 Å². The number of nitrogens with one attached hydrogen (secondary N) is 2. The molecule has 2 N–H and O–H groups in total. The molecule has 2 aromatic heterocycles. The van der Waals surface area contributed by atoms with Crippen LogP contribution >= 0.6 is 35.3 Å². The Hall–Kier alpha value is -2.14. The van der Waals surface area contributed by atoms with Crippen LogP contribution in [0.25, 0.3) is 0 Å². The first-order chi connectivity index (χ1) is 13.7. The molecular formula is C20H25IN6OS. The summed E-state index contributed by atoms with van der Waals surface area (Å²) in [6.45, 7) is 3.81. The van der Waals surface area contributed by atoms with Gasteiger partial charge in [0.05, 0.1) is 25.7 Å². The zero-order valence-corrected chi connectivity index (χ0v) is 19.6. The minimum atomic E-state index is 0. The molecule has 0 bridgehead atoms. The van der Waals surface area contributed by atoms with E-state index in [0.717, 1.165) is 35.3 Å². The predicted octanol–water partition coefficient (Wildman–Crippen LogP) is 3.56. The van der Waals surface area contributed by atoms with Crippen LogP contribution in [-0.4, -0.2) is 27.3 Å². The number of aryl methyl sites for hydroxylation is 1. The topological polar surface area (TPSA) is 76.4 Å². The standard InChI is InChI=1S/C20H24N6OS.HI/c1-14-24-25-19(26(14)2)12-22-20(21-11-15-8-10-28-13-15)23-17-7-9-27-18-6-4-3-5-16(17)18;/h3-6,8,10,13,17H,7,9,11-12H2,1-2H3,(H2,21,22,23);1H. The van der Waals surface area contributed by atoms with Crippen molar-refractivity contribution in [1.82, 2.24) is 25.4 Å². The van der Waals surface area contributed by atoms with Crippen molar-refractivity contribution in [2.24, 2.45) is 12.0 Å². The van der Waals surface area contributed by atoms with Crippen molar-refractivity contribution in [2.75, 3.05) is 6.61 Å². The molecule has 1 aliphatic heterocycles. The van der Waals surface area contributed by atoms with Crippen molar-refractivity contribution in [1.29, 1.82) is 0 Å². The highest BCUT2D eigenvalue weighted by Gasteiger charge is 2.22. The molecular weight excluding hydrogens is 499 g/mol. The lowest BCUT2D eigenvalue weighted by molar-refractivity contribution is 0.261. The Kier molecular flexibility index (Phi) is 7.48. The van der Waals surface area contributed by atoms with Gasteiger partial charge in [0.25, 0.3) is 0 Å². The molecule has 1 atom stereocenters. The second-order valence-electron chi connectivity index (χ2n) is 6.74. The number of aliphatic imine (C=N–C) groups is 1. The van der Waals surface area contributed by atoms with Crippen molar-refractivity contribution >= 4 is 41.3 Å². The lowest BCUT2D eigenvalue weighted by Gasteiger charge is -2.28. The van der Waals surface area contributed by atoms with Gasteiger partial charge < -0.3 is 19.9 Å². The van der Waals surface area contributed by atoms with Gasteiger partial charge in [-0.15, -0.1) is 34.2 Å². The fourth-order valence-corrected chi connectivity index (χ4v) is 3.79. The summed E-state index contributed by atoms with van der Waals surface area (Å²) < 4.78 is 7.76. The van der Waals surface area contributed by atoms with Crippen LogP contribution in [0, 0.1) is 6.92 Å². The lowest BCUT2D eigenvalue weighted by Crippen LogP contribution is -2.41. The Labute approximate surface area is 191 Å². The Bertz CT molecular complexity index is 956. The van der Waals surface area contributed by atoms with Gasteiger partial charge in [-0.05, 0) is 35.4 Å². The Morgan fingerprint density at radius 3 is 2.93 bits per heavy atom. The van der Waals surface area contributed by atoms with Gasteiger partial charge in [0.1, 0.15) is 11.6 Å². The molecule has 0 fully saturated rings. The van der Waals surface area contributed by atoms with Crippen LogP contribution in [0.1, 0.15) is 35.2 Å². The number of rotatable bonds is 5.